The predicted octanol–water partition coefficient (Wildman–Crippen LogP) is 4.50. The Balaban J connectivity index is 1.12. The number of fused-ring (bicyclic) bond motifs is 3. The van der Waals surface area contributed by atoms with E-state index in [9.17, 15) is 18.0 Å². The number of sulfonamides is 1. The molecule has 3 atom stereocenters. The van der Waals surface area contributed by atoms with Crippen molar-refractivity contribution in [3.05, 3.63) is 95.6 Å². The first kappa shape index (κ1) is 31.1. The van der Waals surface area contributed by atoms with E-state index in [1.165, 1.54) is 23.5 Å². The van der Waals surface area contributed by atoms with Crippen molar-refractivity contribution in [1.82, 2.24) is 14.5 Å². The molecule has 0 radical (unpaired) electrons. The summed E-state index contributed by atoms with van der Waals surface area (Å²) in [6, 6.07) is 22.6. The third-order valence-electron chi connectivity index (χ3n) is 9.05. The number of carbonyl (C=O) groups is 2. The van der Waals surface area contributed by atoms with E-state index in [1.807, 2.05) is 54.6 Å². The van der Waals surface area contributed by atoms with Crippen molar-refractivity contribution in [2.45, 2.75) is 55.4 Å². The van der Waals surface area contributed by atoms with E-state index in [2.05, 4.69) is 10.2 Å². The fraction of sp³-hybridized carbons (Fsp3) is 0.412. The highest BCUT2D eigenvalue weighted by atomic mass is 32.2. The number of benzene rings is 3. The zero-order valence-corrected chi connectivity index (χ0v) is 26.2. The van der Waals surface area contributed by atoms with Crippen LogP contribution in [0.15, 0.2) is 83.8 Å². The summed E-state index contributed by atoms with van der Waals surface area (Å²) in [6.07, 6.45) is 2.64. The molecular weight excluding hydrogens is 594 g/mol. The fourth-order valence-electron chi connectivity index (χ4n) is 6.58. The molecule has 4 aliphatic rings. The van der Waals surface area contributed by atoms with Crippen LogP contribution in [0.25, 0.3) is 0 Å². The lowest BCUT2D eigenvalue weighted by atomic mass is 9.86. The maximum Gasteiger partial charge on any atom is 0.408 e. The SMILES string of the molecule is COC(=O)C1CCCN1S(=O)(=O)c1ccc(COc2cccc([C@@H](NC(=O)O[C@H]3CN4CCC3CC4)c3ccccc3)c2)cc1. The van der Waals surface area contributed by atoms with Gasteiger partial charge in [0.15, 0.2) is 0 Å². The number of nitrogens with one attached hydrogen (secondary N) is 1. The Morgan fingerprint density at radius 3 is 2.33 bits per heavy atom. The molecule has 45 heavy (non-hydrogen) atoms. The molecule has 7 rings (SSSR count). The average molecular weight is 634 g/mol. The first-order valence-electron chi connectivity index (χ1n) is 15.5. The minimum Gasteiger partial charge on any atom is -0.489 e. The van der Waals surface area contributed by atoms with Crippen molar-refractivity contribution >= 4 is 22.1 Å². The van der Waals surface area contributed by atoms with Crippen LogP contribution in [-0.2, 0) is 30.9 Å². The van der Waals surface area contributed by atoms with Gasteiger partial charge in [0.25, 0.3) is 0 Å². The lowest BCUT2D eigenvalue weighted by Gasteiger charge is -2.43. The molecule has 10 nitrogen and oxygen atoms in total. The number of ether oxygens (including phenoxy) is 3. The summed E-state index contributed by atoms with van der Waals surface area (Å²) in [6.45, 7) is 3.43. The number of methoxy groups -OCH3 is 1. The van der Waals surface area contributed by atoms with Crippen LogP contribution >= 0.6 is 0 Å². The number of alkyl carbamates (subject to hydrolysis) is 1. The Kier molecular flexibility index (Phi) is 9.39. The van der Waals surface area contributed by atoms with Crippen LogP contribution in [0.2, 0.25) is 0 Å². The number of piperidine rings is 3. The Bertz CT molecular complexity index is 1590. The topological polar surface area (TPSA) is 114 Å². The summed E-state index contributed by atoms with van der Waals surface area (Å²) in [5.41, 5.74) is 2.55. The molecule has 1 amide bonds. The molecular formula is C34H39N3O7S. The molecule has 0 aliphatic carbocycles. The number of esters is 1. The van der Waals surface area contributed by atoms with Crippen molar-refractivity contribution in [3.63, 3.8) is 0 Å². The van der Waals surface area contributed by atoms with Crippen LogP contribution in [-0.4, -0.2) is 75.1 Å². The average Bonchev–Trinajstić information content (AvgIpc) is 3.59. The van der Waals surface area contributed by atoms with Gasteiger partial charge in [-0.25, -0.2) is 13.2 Å². The van der Waals surface area contributed by atoms with E-state index >= 15 is 0 Å². The number of hydrogen-bond donors (Lipinski definition) is 1. The summed E-state index contributed by atoms with van der Waals surface area (Å²) in [5.74, 6) is 0.480. The van der Waals surface area contributed by atoms with Crippen molar-refractivity contribution in [2.24, 2.45) is 5.92 Å². The minimum absolute atomic E-state index is 0.0930. The van der Waals surface area contributed by atoms with E-state index in [4.69, 9.17) is 14.2 Å². The zero-order chi connectivity index (χ0) is 31.4. The molecule has 0 saturated carbocycles. The molecule has 4 aliphatic heterocycles. The maximum atomic E-state index is 13.2. The second-order valence-electron chi connectivity index (χ2n) is 11.9. The van der Waals surface area contributed by atoms with Crippen LogP contribution in [0.3, 0.4) is 0 Å². The van der Waals surface area contributed by atoms with Gasteiger partial charge in [-0.05, 0) is 85.6 Å². The van der Waals surface area contributed by atoms with Crippen molar-refractivity contribution in [3.8, 4) is 5.75 Å². The summed E-state index contributed by atoms with van der Waals surface area (Å²) >= 11 is 0. The first-order chi connectivity index (χ1) is 21.8. The Labute approximate surface area is 264 Å². The zero-order valence-electron chi connectivity index (χ0n) is 25.3. The molecule has 0 aromatic heterocycles. The van der Waals surface area contributed by atoms with Crippen LogP contribution < -0.4 is 10.1 Å². The van der Waals surface area contributed by atoms with Crippen LogP contribution in [0.1, 0.15) is 48.4 Å². The molecule has 3 aromatic carbocycles. The highest BCUT2D eigenvalue weighted by molar-refractivity contribution is 7.89. The summed E-state index contributed by atoms with van der Waals surface area (Å²) in [5, 5.41) is 3.09. The number of nitrogens with zero attached hydrogens (tertiary/aromatic N) is 2. The second kappa shape index (κ2) is 13.6. The standard InChI is InChI=1S/C34H39N3O7S/c1-42-33(38)30-11-6-18-37(30)45(40,41)29-14-12-24(13-15-29)23-43-28-10-5-9-27(21-28)32(26-7-3-2-4-8-26)35-34(39)44-31-22-36-19-16-25(31)17-20-36/h2-5,7-10,12-15,21,25,30-32H,6,11,16-20,22-23H2,1H3,(H,35,39)/t30?,31-,32-/m0/s1. The first-order valence-corrected chi connectivity index (χ1v) is 16.9. The van der Waals surface area contributed by atoms with Crippen molar-refractivity contribution in [1.29, 1.82) is 0 Å². The van der Waals surface area contributed by atoms with Gasteiger partial charge < -0.3 is 19.5 Å². The normalized spacial score (nSPS) is 23.7. The molecule has 4 saturated heterocycles. The second-order valence-corrected chi connectivity index (χ2v) is 13.8. The predicted molar refractivity (Wildman–Crippen MR) is 167 cm³/mol. The molecule has 4 fully saturated rings. The number of carbonyl (C=O) groups excluding carboxylic acids is 2. The van der Waals surface area contributed by atoms with E-state index in [0.717, 1.165) is 49.2 Å². The highest BCUT2D eigenvalue weighted by Gasteiger charge is 2.40. The van der Waals surface area contributed by atoms with Crippen molar-refractivity contribution < 1.29 is 32.2 Å². The van der Waals surface area contributed by atoms with Crippen LogP contribution in [0.4, 0.5) is 4.79 Å². The smallest absolute Gasteiger partial charge is 0.408 e. The van der Waals surface area contributed by atoms with Crippen LogP contribution in [0.5, 0.6) is 5.75 Å². The van der Waals surface area contributed by atoms with Gasteiger partial charge in [-0.2, -0.15) is 4.31 Å². The molecule has 1 unspecified atom stereocenters. The van der Waals surface area contributed by atoms with E-state index < -0.39 is 34.2 Å². The number of rotatable bonds is 10. The third-order valence-corrected chi connectivity index (χ3v) is 11.0. The van der Waals surface area contributed by atoms with Gasteiger partial charge in [0.1, 0.15) is 24.5 Å². The van der Waals surface area contributed by atoms with Gasteiger partial charge in [-0.15, -0.1) is 0 Å². The van der Waals surface area contributed by atoms with Gasteiger partial charge in [-0.1, -0.05) is 54.6 Å². The minimum atomic E-state index is -3.85. The van der Waals surface area contributed by atoms with E-state index in [1.54, 1.807) is 12.1 Å². The summed E-state index contributed by atoms with van der Waals surface area (Å²) in [4.78, 5) is 27.7. The summed E-state index contributed by atoms with van der Waals surface area (Å²) < 4.78 is 44.5. The highest BCUT2D eigenvalue weighted by Crippen LogP contribution is 2.31. The Morgan fingerprint density at radius 2 is 1.64 bits per heavy atom. The Morgan fingerprint density at radius 1 is 0.911 bits per heavy atom. The molecule has 3 aromatic rings. The molecule has 4 heterocycles. The quantitative estimate of drug-likeness (QED) is 0.325. The molecule has 11 heteroatoms. The maximum absolute atomic E-state index is 13.2. The molecule has 238 valence electrons. The molecule has 1 N–H and O–H groups in total. The van der Waals surface area contributed by atoms with Gasteiger partial charge >= 0.3 is 12.1 Å². The van der Waals surface area contributed by atoms with Crippen molar-refractivity contribution in [2.75, 3.05) is 33.3 Å². The van der Waals surface area contributed by atoms with E-state index in [-0.39, 0.29) is 24.2 Å². The molecule has 2 bridgehead atoms. The van der Waals surface area contributed by atoms with Gasteiger partial charge in [0.2, 0.25) is 10.0 Å². The third kappa shape index (κ3) is 7.00. The number of amides is 1. The number of hydrogen-bond acceptors (Lipinski definition) is 8. The van der Waals surface area contributed by atoms with Gasteiger partial charge in [0, 0.05) is 13.1 Å². The van der Waals surface area contributed by atoms with Gasteiger partial charge in [-0.3, -0.25) is 9.69 Å². The Hall–Kier alpha value is -3.93. The lowest BCUT2D eigenvalue weighted by molar-refractivity contribution is -0.144. The monoisotopic (exact) mass is 633 g/mol. The van der Waals surface area contributed by atoms with E-state index in [0.29, 0.717) is 24.5 Å². The fourth-order valence-corrected chi connectivity index (χ4v) is 8.23. The lowest BCUT2D eigenvalue weighted by Crippen LogP contribution is -2.52. The van der Waals surface area contributed by atoms with Gasteiger partial charge in [0.05, 0.1) is 18.0 Å². The largest absolute Gasteiger partial charge is 0.489 e. The summed E-state index contributed by atoms with van der Waals surface area (Å²) in [7, 11) is -2.58. The molecule has 0 spiro atoms. The van der Waals surface area contributed by atoms with Crippen LogP contribution in [0, 0.1) is 5.92 Å².